The van der Waals surface area contributed by atoms with Crippen LogP contribution < -0.4 is 14.8 Å². The van der Waals surface area contributed by atoms with Crippen LogP contribution in [0.15, 0.2) is 76.6 Å². The second-order valence-corrected chi connectivity index (χ2v) is 9.38. The summed E-state index contributed by atoms with van der Waals surface area (Å²) in [5.74, 6) is 0.0934. The molecule has 0 spiro atoms. The zero-order valence-corrected chi connectivity index (χ0v) is 21.0. The Morgan fingerprint density at radius 1 is 1.11 bits per heavy atom. The van der Waals surface area contributed by atoms with Crippen molar-refractivity contribution in [3.05, 3.63) is 82.8 Å². The van der Waals surface area contributed by atoms with E-state index in [0.29, 0.717) is 32.8 Å². The average Bonchev–Trinajstić information content (AvgIpc) is 3.19. The Balaban J connectivity index is 1.64. The molecule has 0 aromatic heterocycles. The lowest BCUT2D eigenvalue weighted by Gasteiger charge is -2.19. The topological polar surface area (TPSA) is 97.2 Å². The van der Waals surface area contributed by atoms with Crippen LogP contribution in [0.5, 0.6) is 11.5 Å². The number of hydrogen-bond donors (Lipinski definition) is 2. The maximum atomic E-state index is 12.7. The van der Waals surface area contributed by atoms with Crippen LogP contribution in [-0.2, 0) is 16.0 Å². The molecule has 1 fully saturated rings. The third-order valence-corrected chi connectivity index (χ3v) is 6.12. The maximum Gasteiger partial charge on any atom is 0.307 e. The summed E-state index contributed by atoms with van der Waals surface area (Å²) in [6, 6.07) is 20.6. The number of methoxy groups -OCH3 is 1. The Labute approximate surface area is 213 Å². The van der Waals surface area contributed by atoms with Gasteiger partial charge < -0.3 is 19.9 Å². The molecule has 0 radical (unpaired) electrons. The van der Waals surface area contributed by atoms with Gasteiger partial charge in [-0.2, -0.15) is 0 Å². The van der Waals surface area contributed by atoms with Crippen molar-refractivity contribution in [2.24, 2.45) is 4.99 Å². The first kappa shape index (κ1) is 25.1. The predicted molar refractivity (Wildman–Crippen MR) is 143 cm³/mol. The quantitative estimate of drug-likeness (QED) is 0.385. The number of carboxylic acid groups (broad SMARTS) is 1. The normalized spacial score (nSPS) is 15.4. The van der Waals surface area contributed by atoms with E-state index in [-0.39, 0.29) is 18.4 Å². The number of ether oxygens (including phenoxy) is 2. The largest absolute Gasteiger partial charge is 0.493 e. The highest BCUT2D eigenvalue weighted by molar-refractivity contribution is 8.18. The van der Waals surface area contributed by atoms with Gasteiger partial charge in [-0.1, -0.05) is 42.5 Å². The number of carbonyl (C=O) groups is 2. The molecule has 3 aromatic rings. The van der Waals surface area contributed by atoms with Crippen LogP contribution in [0, 0.1) is 0 Å². The highest BCUT2D eigenvalue weighted by Gasteiger charge is 2.24. The van der Waals surface area contributed by atoms with Crippen LogP contribution in [0.2, 0.25) is 0 Å². The molecular formula is C28H26N2O5S. The van der Waals surface area contributed by atoms with Gasteiger partial charge >= 0.3 is 5.97 Å². The molecule has 3 aromatic carbocycles. The van der Waals surface area contributed by atoms with E-state index < -0.39 is 5.97 Å². The van der Waals surface area contributed by atoms with E-state index in [1.54, 1.807) is 37.5 Å². The number of aliphatic imine (C=N–C) groups is 1. The van der Waals surface area contributed by atoms with Gasteiger partial charge in [0.2, 0.25) is 0 Å². The Kier molecular flexibility index (Phi) is 7.75. The fraction of sp³-hybridized carbons (Fsp3) is 0.179. The Bertz CT molecular complexity index is 1330. The lowest BCUT2D eigenvalue weighted by atomic mass is 10.0. The highest BCUT2D eigenvalue weighted by Crippen LogP contribution is 2.41. The van der Waals surface area contributed by atoms with Crippen molar-refractivity contribution < 1.29 is 24.2 Å². The van der Waals surface area contributed by atoms with Crippen molar-refractivity contribution in [1.29, 1.82) is 0 Å². The van der Waals surface area contributed by atoms with Crippen molar-refractivity contribution >= 4 is 40.6 Å². The van der Waals surface area contributed by atoms with Gasteiger partial charge in [0.05, 0.1) is 30.2 Å². The van der Waals surface area contributed by atoms with Gasteiger partial charge in [-0.05, 0) is 72.6 Å². The number of rotatable bonds is 8. The zero-order chi connectivity index (χ0) is 25.7. The standard InChI is InChI=1S/C28H26N2O5S/c1-17(2)35-26-22(20-7-5-4-6-8-20)13-19(14-23(26)34-3)15-24-27(33)30-28(36-24)29-21-11-9-18(10-12-21)16-25(31)32/h4-15,17H,16H2,1-3H3,(H,31,32)(H,29,30,33). The van der Waals surface area contributed by atoms with Gasteiger partial charge in [0.25, 0.3) is 5.91 Å². The highest BCUT2D eigenvalue weighted by atomic mass is 32.2. The van der Waals surface area contributed by atoms with Crippen LogP contribution in [0.1, 0.15) is 25.0 Å². The van der Waals surface area contributed by atoms with Gasteiger partial charge in [-0.3, -0.25) is 9.59 Å². The number of nitrogens with zero attached hydrogens (tertiary/aromatic N) is 1. The molecule has 36 heavy (non-hydrogen) atoms. The van der Waals surface area contributed by atoms with E-state index in [1.807, 2.05) is 56.3 Å². The van der Waals surface area contributed by atoms with Crippen LogP contribution in [0.3, 0.4) is 0 Å². The summed E-state index contributed by atoms with van der Waals surface area (Å²) >= 11 is 1.24. The first-order chi connectivity index (χ1) is 17.3. The van der Waals surface area contributed by atoms with Crippen molar-refractivity contribution in [1.82, 2.24) is 5.32 Å². The number of benzene rings is 3. The molecule has 0 aliphatic carbocycles. The molecule has 1 amide bonds. The van der Waals surface area contributed by atoms with Crippen molar-refractivity contribution in [2.45, 2.75) is 26.4 Å². The number of amides is 1. The molecule has 7 nitrogen and oxygen atoms in total. The first-order valence-corrected chi connectivity index (χ1v) is 12.2. The van der Waals surface area contributed by atoms with Crippen LogP contribution >= 0.6 is 11.8 Å². The third-order valence-electron chi connectivity index (χ3n) is 5.21. The number of carboxylic acids is 1. The molecule has 8 heteroatoms. The van der Waals surface area contributed by atoms with Crippen molar-refractivity contribution in [2.75, 3.05) is 7.11 Å². The molecule has 1 aliphatic rings. The first-order valence-electron chi connectivity index (χ1n) is 11.4. The van der Waals surface area contributed by atoms with Crippen LogP contribution in [-0.4, -0.2) is 35.4 Å². The molecule has 0 bridgehead atoms. The summed E-state index contributed by atoms with van der Waals surface area (Å²) in [7, 11) is 1.59. The summed E-state index contributed by atoms with van der Waals surface area (Å²) in [4.78, 5) is 28.5. The molecule has 0 saturated carbocycles. The monoisotopic (exact) mass is 502 g/mol. The second-order valence-electron chi connectivity index (χ2n) is 8.35. The summed E-state index contributed by atoms with van der Waals surface area (Å²) in [5, 5.41) is 12.2. The summed E-state index contributed by atoms with van der Waals surface area (Å²) in [6.07, 6.45) is 1.70. The number of thioether (sulfide) groups is 1. The van der Waals surface area contributed by atoms with Gasteiger partial charge in [0.15, 0.2) is 16.7 Å². The van der Waals surface area contributed by atoms with E-state index in [1.165, 1.54) is 11.8 Å². The summed E-state index contributed by atoms with van der Waals surface area (Å²) in [5.41, 5.74) is 3.94. The molecule has 0 atom stereocenters. The molecule has 4 rings (SSSR count). The van der Waals surface area contributed by atoms with Crippen LogP contribution in [0.25, 0.3) is 17.2 Å². The molecule has 2 N–H and O–H groups in total. The lowest BCUT2D eigenvalue weighted by Crippen LogP contribution is -2.19. The van der Waals surface area contributed by atoms with Crippen molar-refractivity contribution in [3.63, 3.8) is 0 Å². The van der Waals surface area contributed by atoms with Gasteiger partial charge in [0, 0.05) is 5.56 Å². The Hall–Kier alpha value is -4.04. The van der Waals surface area contributed by atoms with E-state index in [9.17, 15) is 9.59 Å². The molecule has 1 saturated heterocycles. The second kappa shape index (κ2) is 11.1. The summed E-state index contributed by atoms with van der Waals surface area (Å²) < 4.78 is 11.8. The maximum absolute atomic E-state index is 12.7. The average molecular weight is 503 g/mol. The SMILES string of the molecule is COc1cc(C=C2SC(=Nc3ccc(CC(=O)O)cc3)NC2=O)cc(-c2ccccc2)c1OC(C)C. The number of nitrogens with one attached hydrogen (secondary N) is 1. The fourth-order valence-corrected chi connectivity index (χ4v) is 4.50. The zero-order valence-electron chi connectivity index (χ0n) is 20.1. The molecular weight excluding hydrogens is 476 g/mol. The lowest BCUT2D eigenvalue weighted by molar-refractivity contribution is -0.136. The van der Waals surface area contributed by atoms with E-state index in [4.69, 9.17) is 14.6 Å². The fourth-order valence-electron chi connectivity index (χ4n) is 3.66. The predicted octanol–water partition coefficient (Wildman–Crippen LogP) is 5.67. The minimum Gasteiger partial charge on any atom is -0.493 e. The van der Waals surface area contributed by atoms with E-state index in [0.717, 1.165) is 16.7 Å². The van der Waals surface area contributed by atoms with Gasteiger partial charge in [-0.25, -0.2) is 4.99 Å². The Morgan fingerprint density at radius 2 is 1.83 bits per heavy atom. The molecule has 0 unspecified atom stereocenters. The number of aliphatic carboxylic acids is 1. The minimum atomic E-state index is -0.890. The van der Waals surface area contributed by atoms with E-state index >= 15 is 0 Å². The number of amidine groups is 1. The Morgan fingerprint density at radius 3 is 2.47 bits per heavy atom. The van der Waals surface area contributed by atoms with Crippen molar-refractivity contribution in [3.8, 4) is 22.6 Å². The smallest absolute Gasteiger partial charge is 0.307 e. The van der Waals surface area contributed by atoms with E-state index in [2.05, 4.69) is 10.3 Å². The molecule has 1 aliphatic heterocycles. The summed E-state index contributed by atoms with van der Waals surface area (Å²) in [6.45, 7) is 3.92. The van der Waals surface area contributed by atoms with Gasteiger partial charge in [0.1, 0.15) is 0 Å². The molecule has 1 heterocycles. The molecule has 184 valence electrons. The van der Waals surface area contributed by atoms with Gasteiger partial charge in [-0.15, -0.1) is 0 Å². The third kappa shape index (κ3) is 6.14. The van der Waals surface area contributed by atoms with Crippen LogP contribution in [0.4, 0.5) is 5.69 Å². The number of carbonyl (C=O) groups excluding carboxylic acids is 1. The number of hydrogen-bond acceptors (Lipinski definition) is 6. The minimum absolute atomic E-state index is 0.0429.